The van der Waals surface area contributed by atoms with Crippen LogP contribution in [0.5, 0.6) is 0 Å². The molecule has 0 spiro atoms. The number of aliphatic hydroxyl groups is 2. The third kappa shape index (κ3) is 2.75. The van der Waals surface area contributed by atoms with Crippen LogP contribution in [0.1, 0.15) is 5.56 Å². The molecule has 1 rings (SSSR count). The zero-order valence-corrected chi connectivity index (χ0v) is 8.94. The molecule has 3 nitrogen and oxygen atoms in total. The first-order chi connectivity index (χ1) is 6.69. The van der Waals surface area contributed by atoms with Crippen LogP contribution >= 0.6 is 23.2 Å². The van der Waals surface area contributed by atoms with Gasteiger partial charge in [-0.05, 0) is 12.1 Å². The number of rotatable bonds is 4. The molecule has 0 heterocycles. The van der Waals surface area contributed by atoms with E-state index in [2.05, 4.69) is 5.32 Å². The van der Waals surface area contributed by atoms with Crippen molar-refractivity contribution >= 4 is 28.9 Å². The van der Waals surface area contributed by atoms with E-state index in [1.165, 1.54) is 0 Å². The predicted molar refractivity (Wildman–Crippen MR) is 58.0 cm³/mol. The minimum Gasteiger partial charge on any atom is -0.395 e. The van der Waals surface area contributed by atoms with Crippen LogP contribution in [0.2, 0.25) is 10.0 Å². The van der Waals surface area contributed by atoms with E-state index in [4.69, 9.17) is 33.4 Å². The Balaban J connectivity index is 2.95. The van der Waals surface area contributed by atoms with Gasteiger partial charge in [0.15, 0.2) is 0 Å². The molecule has 0 saturated heterocycles. The summed E-state index contributed by atoms with van der Waals surface area (Å²) in [5, 5.41) is 21.4. The van der Waals surface area contributed by atoms with E-state index in [-0.39, 0.29) is 13.2 Å². The fraction of sp³-hybridized carbons (Fsp3) is 0.333. The summed E-state index contributed by atoms with van der Waals surface area (Å²) in [6.45, 7) is 0.306. The van der Waals surface area contributed by atoms with Crippen molar-refractivity contribution in [1.29, 1.82) is 0 Å². The summed E-state index contributed by atoms with van der Waals surface area (Å²) < 4.78 is 0. The van der Waals surface area contributed by atoms with Crippen LogP contribution in [-0.2, 0) is 6.61 Å². The van der Waals surface area contributed by atoms with E-state index in [1.54, 1.807) is 12.1 Å². The Labute approximate surface area is 92.3 Å². The van der Waals surface area contributed by atoms with Gasteiger partial charge in [-0.2, -0.15) is 0 Å². The molecule has 0 bridgehead atoms. The average Bonchev–Trinajstić information content (AvgIpc) is 2.19. The number of benzene rings is 1. The van der Waals surface area contributed by atoms with Crippen molar-refractivity contribution in [2.45, 2.75) is 6.61 Å². The number of halogens is 2. The summed E-state index contributed by atoms with van der Waals surface area (Å²) in [5.74, 6) is 0. The van der Waals surface area contributed by atoms with E-state index in [1.807, 2.05) is 0 Å². The second kappa shape index (κ2) is 5.41. The molecule has 0 unspecified atom stereocenters. The highest BCUT2D eigenvalue weighted by atomic mass is 35.5. The van der Waals surface area contributed by atoms with Gasteiger partial charge in [0.25, 0.3) is 0 Å². The van der Waals surface area contributed by atoms with Crippen molar-refractivity contribution < 1.29 is 10.2 Å². The van der Waals surface area contributed by atoms with E-state index in [0.29, 0.717) is 27.8 Å². The summed E-state index contributed by atoms with van der Waals surface area (Å²) in [6.07, 6.45) is 0. The largest absolute Gasteiger partial charge is 0.395 e. The van der Waals surface area contributed by atoms with Crippen molar-refractivity contribution in [3.05, 3.63) is 27.7 Å². The average molecular weight is 236 g/mol. The Bertz CT molecular complexity index is 318. The fourth-order valence-electron chi connectivity index (χ4n) is 1.07. The zero-order valence-electron chi connectivity index (χ0n) is 7.43. The van der Waals surface area contributed by atoms with Gasteiger partial charge in [0.05, 0.1) is 23.3 Å². The summed E-state index contributed by atoms with van der Waals surface area (Å²) >= 11 is 11.6. The summed E-state index contributed by atoms with van der Waals surface area (Å²) in [7, 11) is 0. The lowest BCUT2D eigenvalue weighted by Gasteiger charge is -2.10. The van der Waals surface area contributed by atoms with Crippen LogP contribution in [0.3, 0.4) is 0 Å². The van der Waals surface area contributed by atoms with Gasteiger partial charge < -0.3 is 15.5 Å². The lowest BCUT2D eigenvalue weighted by Crippen LogP contribution is -2.07. The SMILES string of the molecule is OCCNc1cc(Cl)c(Cl)cc1CO. The Kier molecular flexibility index (Phi) is 4.48. The van der Waals surface area contributed by atoms with Crippen LogP contribution in [-0.4, -0.2) is 23.4 Å². The third-order valence-corrected chi connectivity index (χ3v) is 2.47. The van der Waals surface area contributed by atoms with Crippen molar-refractivity contribution in [3.8, 4) is 0 Å². The minimum absolute atomic E-state index is 0.0190. The number of hydrogen-bond acceptors (Lipinski definition) is 3. The smallest absolute Gasteiger partial charge is 0.0702 e. The molecule has 0 aliphatic carbocycles. The molecule has 0 fully saturated rings. The molecule has 0 aromatic heterocycles. The Hall–Kier alpha value is -0.480. The topological polar surface area (TPSA) is 52.5 Å². The highest BCUT2D eigenvalue weighted by Gasteiger charge is 2.05. The Morgan fingerprint density at radius 3 is 2.36 bits per heavy atom. The second-order valence-electron chi connectivity index (χ2n) is 2.73. The first-order valence-corrected chi connectivity index (χ1v) is 4.88. The lowest BCUT2D eigenvalue weighted by atomic mass is 10.2. The number of aliphatic hydroxyl groups excluding tert-OH is 2. The minimum atomic E-state index is -0.120. The third-order valence-electron chi connectivity index (χ3n) is 1.74. The Morgan fingerprint density at radius 2 is 1.79 bits per heavy atom. The summed E-state index contributed by atoms with van der Waals surface area (Å²) in [6, 6.07) is 3.23. The van der Waals surface area contributed by atoms with E-state index < -0.39 is 0 Å². The maximum Gasteiger partial charge on any atom is 0.0702 e. The highest BCUT2D eigenvalue weighted by molar-refractivity contribution is 6.42. The molecule has 0 amide bonds. The van der Waals surface area contributed by atoms with Crippen molar-refractivity contribution in [2.75, 3.05) is 18.5 Å². The summed E-state index contributed by atoms with van der Waals surface area (Å²) in [4.78, 5) is 0. The van der Waals surface area contributed by atoms with Crippen LogP contribution in [0.4, 0.5) is 5.69 Å². The van der Waals surface area contributed by atoms with Crippen molar-refractivity contribution in [2.24, 2.45) is 0 Å². The predicted octanol–water partition coefficient (Wildman–Crippen LogP) is 1.89. The van der Waals surface area contributed by atoms with E-state index >= 15 is 0 Å². The van der Waals surface area contributed by atoms with Crippen molar-refractivity contribution in [1.82, 2.24) is 0 Å². The monoisotopic (exact) mass is 235 g/mol. The molecule has 3 N–H and O–H groups in total. The van der Waals surface area contributed by atoms with Gasteiger partial charge in [0, 0.05) is 17.8 Å². The normalized spacial score (nSPS) is 10.3. The van der Waals surface area contributed by atoms with Crippen LogP contribution in [0.25, 0.3) is 0 Å². The first kappa shape index (κ1) is 11.6. The fourth-order valence-corrected chi connectivity index (χ4v) is 1.42. The molecule has 14 heavy (non-hydrogen) atoms. The molecule has 0 aliphatic rings. The van der Waals surface area contributed by atoms with E-state index in [0.717, 1.165) is 0 Å². The molecular weight excluding hydrogens is 225 g/mol. The molecule has 78 valence electrons. The summed E-state index contributed by atoms with van der Waals surface area (Å²) in [5.41, 5.74) is 1.35. The van der Waals surface area contributed by atoms with Crippen LogP contribution < -0.4 is 5.32 Å². The number of anilines is 1. The maximum atomic E-state index is 9.03. The highest BCUT2D eigenvalue weighted by Crippen LogP contribution is 2.28. The van der Waals surface area contributed by atoms with Crippen molar-refractivity contribution in [3.63, 3.8) is 0 Å². The number of hydrogen-bond donors (Lipinski definition) is 3. The van der Waals surface area contributed by atoms with Crippen LogP contribution in [0, 0.1) is 0 Å². The van der Waals surface area contributed by atoms with E-state index in [9.17, 15) is 0 Å². The molecule has 1 aromatic carbocycles. The van der Waals surface area contributed by atoms with Gasteiger partial charge in [-0.15, -0.1) is 0 Å². The van der Waals surface area contributed by atoms with Crippen LogP contribution in [0.15, 0.2) is 12.1 Å². The maximum absolute atomic E-state index is 9.03. The molecule has 0 aliphatic heterocycles. The molecule has 1 aromatic rings. The lowest BCUT2D eigenvalue weighted by molar-refractivity contribution is 0.282. The zero-order chi connectivity index (χ0) is 10.6. The standard InChI is InChI=1S/C9H11Cl2NO2/c10-7-3-6(5-14)9(4-8(7)11)12-1-2-13/h3-4,12-14H,1-2,5H2. The van der Waals surface area contributed by atoms with Gasteiger partial charge in [-0.3, -0.25) is 0 Å². The van der Waals surface area contributed by atoms with Gasteiger partial charge in [0.2, 0.25) is 0 Å². The van der Waals surface area contributed by atoms with Gasteiger partial charge in [0.1, 0.15) is 0 Å². The quantitative estimate of drug-likeness (QED) is 0.748. The molecule has 0 radical (unpaired) electrons. The molecule has 0 atom stereocenters. The number of nitrogens with one attached hydrogen (secondary N) is 1. The molecule has 0 saturated carbocycles. The van der Waals surface area contributed by atoms with Gasteiger partial charge in [-0.25, -0.2) is 0 Å². The first-order valence-electron chi connectivity index (χ1n) is 4.12. The Morgan fingerprint density at radius 1 is 1.14 bits per heavy atom. The molecular formula is C9H11Cl2NO2. The van der Waals surface area contributed by atoms with Gasteiger partial charge >= 0.3 is 0 Å². The van der Waals surface area contributed by atoms with Gasteiger partial charge in [-0.1, -0.05) is 23.2 Å². The molecule has 5 heteroatoms. The second-order valence-corrected chi connectivity index (χ2v) is 3.55.